The van der Waals surface area contributed by atoms with Gasteiger partial charge in [-0.05, 0) is 35.3 Å². The summed E-state index contributed by atoms with van der Waals surface area (Å²) in [5.41, 5.74) is 9.79. The standard InChI is InChI=1S/C19H28N2O3/c1-18(2)5-7-21-8-6-19(3,4)15-16(21)12(18)9-11(17(15)24)13(20)10-14(22)23/h9,13,24H,5-8,10,20H2,1-4H3,(H,22,23). The lowest BCUT2D eigenvalue weighted by Gasteiger charge is -2.48. The fraction of sp³-hybridized carbons (Fsp3) is 0.632. The number of hydrogen-bond donors (Lipinski definition) is 3. The predicted molar refractivity (Wildman–Crippen MR) is 94.8 cm³/mol. The Bertz CT molecular complexity index is 692. The van der Waals surface area contributed by atoms with E-state index in [-0.39, 0.29) is 23.0 Å². The Balaban J connectivity index is 2.27. The van der Waals surface area contributed by atoms with Crippen LogP contribution in [0.25, 0.3) is 0 Å². The van der Waals surface area contributed by atoms with Gasteiger partial charge in [0.15, 0.2) is 0 Å². The first kappa shape index (κ1) is 17.1. The van der Waals surface area contributed by atoms with Gasteiger partial charge in [0.2, 0.25) is 0 Å². The minimum absolute atomic E-state index is 0.0145. The molecule has 5 heteroatoms. The highest BCUT2D eigenvalue weighted by molar-refractivity contribution is 5.74. The van der Waals surface area contributed by atoms with E-state index in [1.807, 2.05) is 6.07 Å². The predicted octanol–water partition coefficient (Wildman–Crippen LogP) is 3.04. The summed E-state index contributed by atoms with van der Waals surface area (Å²) in [6, 6.07) is 1.25. The first-order valence-corrected chi connectivity index (χ1v) is 8.68. The van der Waals surface area contributed by atoms with Gasteiger partial charge in [-0.2, -0.15) is 0 Å². The molecule has 4 N–H and O–H groups in total. The highest BCUT2D eigenvalue weighted by Crippen LogP contribution is 2.53. The first-order chi connectivity index (χ1) is 11.0. The zero-order valence-electron chi connectivity index (χ0n) is 15.0. The van der Waals surface area contributed by atoms with Crippen molar-refractivity contribution in [2.75, 3.05) is 18.0 Å². The Hall–Kier alpha value is -1.75. The zero-order valence-corrected chi connectivity index (χ0v) is 15.0. The molecule has 2 aliphatic heterocycles. The molecular formula is C19H28N2O3. The second-order valence-corrected chi connectivity index (χ2v) is 8.54. The average molecular weight is 332 g/mol. The summed E-state index contributed by atoms with van der Waals surface area (Å²) in [6.45, 7) is 10.7. The average Bonchev–Trinajstić information content (AvgIpc) is 2.44. The molecule has 1 unspecified atom stereocenters. The summed E-state index contributed by atoms with van der Waals surface area (Å²) in [6.07, 6.45) is 1.82. The Morgan fingerprint density at radius 3 is 2.42 bits per heavy atom. The Labute approximate surface area is 143 Å². The summed E-state index contributed by atoms with van der Waals surface area (Å²) in [5, 5.41) is 20.1. The number of hydrogen-bond acceptors (Lipinski definition) is 4. The van der Waals surface area contributed by atoms with Gasteiger partial charge in [-0.1, -0.05) is 27.7 Å². The number of aromatic hydroxyl groups is 1. The lowest BCUT2D eigenvalue weighted by atomic mass is 9.68. The molecule has 3 rings (SSSR count). The van der Waals surface area contributed by atoms with Gasteiger partial charge in [0.05, 0.1) is 6.42 Å². The molecule has 0 radical (unpaired) electrons. The molecule has 24 heavy (non-hydrogen) atoms. The highest BCUT2D eigenvalue weighted by Gasteiger charge is 2.42. The SMILES string of the molecule is CC1(C)CCN2CCC(C)(C)c3c(O)c(C(N)CC(=O)O)cc1c32. The number of rotatable bonds is 3. The van der Waals surface area contributed by atoms with E-state index in [2.05, 4.69) is 32.6 Å². The van der Waals surface area contributed by atoms with Crippen molar-refractivity contribution in [2.45, 2.75) is 63.8 Å². The van der Waals surface area contributed by atoms with Crippen LogP contribution in [0.1, 0.15) is 69.7 Å². The van der Waals surface area contributed by atoms with E-state index < -0.39 is 12.0 Å². The fourth-order valence-electron chi connectivity index (χ4n) is 4.17. The van der Waals surface area contributed by atoms with E-state index in [9.17, 15) is 9.90 Å². The number of anilines is 1. The first-order valence-electron chi connectivity index (χ1n) is 8.68. The molecule has 5 nitrogen and oxygen atoms in total. The second kappa shape index (κ2) is 5.38. The van der Waals surface area contributed by atoms with Crippen LogP contribution in [0.2, 0.25) is 0 Å². The maximum atomic E-state index is 11.1. The number of carboxylic acid groups (broad SMARTS) is 1. The number of carboxylic acids is 1. The van der Waals surface area contributed by atoms with Crippen LogP contribution < -0.4 is 10.6 Å². The minimum Gasteiger partial charge on any atom is -0.507 e. The van der Waals surface area contributed by atoms with Crippen molar-refractivity contribution in [3.63, 3.8) is 0 Å². The molecule has 1 aromatic rings. The van der Waals surface area contributed by atoms with Crippen LogP contribution in [0.5, 0.6) is 5.75 Å². The molecular weight excluding hydrogens is 304 g/mol. The van der Waals surface area contributed by atoms with Crippen LogP contribution in [0.4, 0.5) is 5.69 Å². The van der Waals surface area contributed by atoms with Crippen molar-refractivity contribution in [3.05, 3.63) is 22.8 Å². The molecule has 0 bridgehead atoms. The van der Waals surface area contributed by atoms with Crippen molar-refractivity contribution in [1.82, 2.24) is 0 Å². The van der Waals surface area contributed by atoms with E-state index >= 15 is 0 Å². The van der Waals surface area contributed by atoms with Gasteiger partial charge in [-0.15, -0.1) is 0 Å². The van der Waals surface area contributed by atoms with Crippen molar-refractivity contribution in [1.29, 1.82) is 0 Å². The molecule has 0 aromatic heterocycles. The second-order valence-electron chi connectivity index (χ2n) is 8.54. The van der Waals surface area contributed by atoms with Crippen molar-refractivity contribution < 1.29 is 15.0 Å². The summed E-state index contributed by atoms with van der Waals surface area (Å²) >= 11 is 0. The maximum Gasteiger partial charge on any atom is 0.305 e. The van der Waals surface area contributed by atoms with Gasteiger partial charge >= 0.3 is 5.97 Å². The van der Waals surface area contributed by atoms with E-state index in [0.717, 1.165) is 37.2 Å². The molecule has 132 valence electrons. The van der Waals surface area contributed by atoms with E-state index in [4.69, 9.17) is 10.8 Å². The van der Waals surface area contributed by atoms with Gasteiger partial charge in [0.1, 0.15) is 5.75 Å². The summed E-state index contributed by atoms with van der Waals surface area (Å²) in [5.74, 6) is -0.761. The van der Waals surface area contributed by atoms with Gasteiger partial charge in [0.25, 0.3) is 0 Å². The van der Waals surface area contributed by atoms with Crippen LogP contribution in [-0.4, -0.2) is 29.3 Å². The lowest BCUT2D eigenvalue weighted by Crippen LogP contribution is -2.45. The topological polar surface area (TPSA) is 86.8 Å². The van der Waals surface area contributed by atoms with Gasteiger partial charge in [0, 0.05) is 35.9 Å². The smallest absolute Gasteiger partial charge is 0.305 e. The third-order valence-corrected chi connectivity index (χ3v) is 5.83. The molecule has 1 atom stereocenters. The molecule has 0 fully saturated rings. The number of phenolic OH excluding ortho intramolecular Hbond substituents is 1. The number of nitrogens with zero attached hydrogens (tertiary/aromatic N) is 1. The molecule has 0 saturated carbocycles. The van der Waals surface area contributed by atoms with Crippen LogP contribution in [0, 0.1) is 0 Å². The fourth-order valence-corrected chi connectivity index (χ4v) is 4.17. The number of benzene rings is 1. The highest BCUT2D eigenvalue weighted by atomic mass is 16.4. The van der Waals surface area contributed by atoms with Crippen molar-refractivity contribution in [2.24, 2.45) is 5.73 Å². The maximum absolute atomic E-state index is 11.1. The monoisotopic (exact) mass is 332 g/mol. The Kier molecular flexibility index (Phi) is 3.83. The number of aliphatic carboxylic acids is 1. The molecule has 2 heterocycles. The summed E-state index contributed by atoms with van der Waals surface area (Å²) in [7, 11) is 0. The van der Waals surface area contributed by atoms with E-state index in [1.165, 1.54) is 5.56 Å². The van der Waals surface area contributed by atoms with Crippen LogP contribution in [-0.2, 0) is 15.6 Å². The largest absolute Gasteiger partial charge is 0.507 e. The molecule has 1 aromatic carbocycles. The summed E-state index contributed by atoms with van der Waals surface area (Å²) < 4.78 is 0. The van der Waals surface area contributed by atoms with Gasteiger partial charge < -0.3 is 20.8 Å². The molecule has 0 saturated heterocycles. The third kappa shape index (κ3) is 2.55. The van der Waals surface area contributed by atoms with E-state index in [0.29, 0.717) is 5.56 Å². The van der Waals surface area contributed by atoms with Crippen LogP contribution in [0.3, 0.4) is 0 Å². The molecule has 0 aliphatic carbocycles. The van der Waals surface area contributed by atoms with Crippen LogP contribution in [0.15, 0.2) is 6.07 Å². The van der Waals surface area contributed by atoms with Crippen molar-refractivity contribution in [3.8, 4) is 5.75 Å². The zero-order chi connectivity index (χ0) is 17.9. The molecule has 0 spiro atoms. The quantitative estimate of drug-likeness (QED) is 0.792. The third-order valence-electron chi connectivity index (χ3n) is 5.83. The van der Waals surface area contributed by atoms with E-state index in [1.54, 1.807) is 0 Å². The normalized spacial score (nSPS) is 22.0. The Morgan fingerprint density at radius 1 is 1.25 bits per heavy atom. The molecule has 2 aliphatic rings. The number of nitrogens with two attached hydrogens (primary N) is 1. The number of carbonyl (C=O) groups is 1. The minimum atomic E-state index is -0.951. The van der Waals surface area contributed by atoms with Crippen molar-refractivity contribution >= 4 is 11.7 Å². The Morgan fingerprint density at radius 2 is 1.83 bits per heavy atom. The molecule has 0 amide bonds. The number of phenols is 1. The van der Waals surface area contributed by atoms with Crippen LogP contribution >= 0.6 is 0 Å². The van der Waals surface area contributed by atoms with Gasteiger partial charge in [-0.3, -0.25) is 4.79 Å². The van der Waals surface area contributed by atoms with Gasteiger partial charge in [-0.25, -0.2) is 0 Å². The lowest BCUT2D eigenvalue weighted by molar-refractivity contribution is -0.137. The summed E-state index contributed by atoms with van der Waals surface area (Å²) in [4.78, 5) is 13.5.